The van der Waals surface area contributed by atoms with Crippen molar-refractivity contribution in [2.24, 2.45) is 11.8 Å². The van der Waals surface area contributed by atoms with Crippen molar-refractivity contribution in [1.82, 2.24) is 5.32 Å². The first-order valence-corrected chi connectivity index (χ1v) is 8.16. The fourth-order valence-electron chi connectivity index (χ4n) is 3.47. The van der Waals surface area contributed by atoms with Gasteiger partial charge in [-0.15, -0.1) is 0 Å². The average molecular weight is 277 g/mol. The molecule has 1 aromatic rings. The summed E-state index contributed by atoms with van der Waals surface area (Å²) in [6.07, 6.45) is 7.72. The van der Waals surface area contributed by atoms with Crippen molar-refractivity contribution in [2.45, 2.75) is 52.4 Å². The zero-order valence-corrected chi connectivity index (χ0v) is 12.9. The molecule has 1 fully saturated rings. The van der Waals surface area contributed by atoms with Gasteiger partial charge in [-0.3, -0.25) is 0 Å². The molecular weight excluding hydrogens is 249 g/mol. The lowest BCUT2D eigenvalue weighted by Gasteiger charge is -2.26. The fraction of sp³-hybridized carbons (Fsp3) is 0.667. The van der Waals surface area contributed by atoms with Crippen molar-refractivity contribution in [3.05, 3.63) is 35.1 Å². The molecule has 2 unspecified atom stereocenters. The number of benzene rings is 1. The highest BCUT2D eigenvalue weighted by Gasteiger charge is 2.24. The van der Waals surface area contributed by atoms with Crippen molar-refractivity contribution in [3.8, 4) is 0 Å². The van der Waals surface area contributed by atoms with E-state index in [9.17, 15) is 4.39 Å². The lowest BCUT2D eigenvalue weighted by atomic mass is 9.82. The predicted octanol–water partition coefficient (Wildman–Crippen LogP) is 4.48. The van der Waals surface area contributed by atoms with E-state index in [2.05, 4.69) is 19.2 Å². The zero-order chi connectivity index (χ0) is 14.4. The van der Waals surface area contributed by atoms with Gasteiger partial charge >= 0.3 is 0 Å². The maximum Gasteiger partial charge on any atom is 0.123 e. The zero-order valence-electron chi connectivity index (χ0n) is 12.9. The van der Waals surface area contributed by atoms with Crippen LogP contribution in [0.1, 0.15) is 50.2 Å². The highest BCUT2D eigenvalue weighted by Crippen LogP contribution is 2.32. The standard InChI is InChI=1S/C18H28FN/c1-3-20-13-16-8-6-4-5-7-15(16)11-17-12-18(19)10-9-14(17)2/h9-10,12,15-16,20H,3-8,11,13H2,1-2H3. The van der Waals surface area contributed by atoms with Gasteiger partial charge in [-0.25, -0.2) is 4.39 Å². The SMILES string of the molecule is CCNCC1CCCCCC1Cc1cc(F)ccc1C. The summed E-state index contributed by atoms with van der Waals surface area (Å²) in [6, 6.07) is 5.23. The monoisotopic (exact) mass is 277 g/mol. The lowest BCUT2D eigenvalue weighted by molar-refractivity contribution is 0.299. The molecule has 1 nitrogen and oxygen atoms in total. The smallest absolute Gasteiger partial charge is 0.123 e. The van der Waals surface area contributed by atoms with E-state index in [1.165, 1.54) is 43.2 Å². The van der Waals surface area contributed by atoms with Crippen LogP contribution in [0.5, 0.6) is 0 Å². The Labute approximate surface area is 123 Å². The second kappa shape index (κ2) is 7.78. The Hall–Kier alpha value is -0.890. The van der Waals surface area contributed by atoms with Crippen LogP contribution >= 0.6 is 0 Å². The molecule has 1 saturated carbocycles. The van der Waals surface area contributed by atoms with E-state index >= 15 is 0 Å². The second-order valence-electron chi connectivity index (χ2n) is 6.24. The Morgan fingerprint density at radius 1 is 1.15 bits per heavy atom. The summed E-state index contributed by atoms with van der Waals surface area (Å²) in [5.41, 5.74) is 2.44. The molecule has 0 aliphatic heterocycles. The van der Waals surface area contributed by atoms with Gasteiger partial charge in [0.2, 0.25) is 0 Å². The Balaban J connectivity index is 2.08. The average Bonchev–Trinajstić information content (AvgIpc) is 2.66. The quantitative estimate of drug-likeness (QED) is 0.782. The van der Waals surface area contributed by atoms with Crippen LogP contribution in [0, 0.1) is 24.6 Å². The molecule has 20 heavy (non-hydrogen) atoms. The second-order valence-corrected chi connectivity index (χ2v) is 6.24. The number of hydrogen-bond acceptors (Lipinski definition) is 1. The van der Waals surface area contributed by atoms with Gasteiger partial charge in [0.15, 0.2) is 0 Å². The van der Waals surface area contributed by atoms with Gasteiger partial charge in [0, 0.05) is 0 Å². The maximum absolute atomic E-state index is 13.5. The number of hydrogen-bond donors (Lipinski definition) is 1. The van der Waals surface area contributed by atoms with Gasteiger partial charge in [0.25, 0.3) is 0 Å². The molecule has 1 N–H and O–H groups in total. The van der Waals surface area contributed by atoms with Gasteiger partial charge in [0.05, 0.1) is 0 Å². The van der Waals surface area contributed by atoms with Crippen LogP contribution in [0.15, 0.2) is 18.2 Å². The third kappa shape index (κ3) is 4.31. The molecule has 112 valence electrons. The Morgan fingerprint density at radius 2 is 1.90 bits per heavy atom. The van der Waals surface area contributed by atoms with Crippen LogP contribution in [0.4, 0.5) is 4.39 Å². The fourth-order valence-corrected chi connectivity index (χ4v) is 3.47. The third-order valence-corrected chi connectivity index (χ3v) is 4.77. The maximum atomic E-state index is 13.5. The van der Waals surface area contributed by atoms with Crippen molar-refractivity contribution < 1.29 is 4.39 Å². The van der Waals surface area contributed by atoms with Crippen LogP contribution in [0.2, 0.25) is 0 Å². The van der Waals surface area contributed by atoms with Crippen LogP contribution in [-0.2, 0) is 6.42 Å². The molecule has 2 atom stereocenters. The molecule has 0 aromatic heterocycles. The van der Waals surface area contributed by atoms with Crippen molar-refractivity contribution in [1.29, 1.82) is 0 Å². The largest absolute Gasteiger partial charge is 0.317 e. The normalized spacial score (nSPS) is 23.6. The predicted molar refractivity (Wildman–Crippen MR) is 83.4 cm³/mol. The Morgan fingerprint density at radius 3 is 2.65 bits per heavy atom. The molecular formula is C18H28FN. The van der Waals surface area contributed by atoms with Gasteiger partial charge < -0.3 is 5.32 Å². The number of nitrogens with one attached hydrogen (secondary N) is 1. The number of rotatable bonds is 5. The number of aryl methyl sites for hydroxylation is 1. The van der Waals surface area contributed by atoms with Crippen molar-refractivity contribution >= 4 is 0 Å². The summed E-state index contributed by atoms with van der Waals surface area (Å²) in [7, 11) is 0. The van der Waals surface area contributed by atoms with Gasteiger partial charge in [-0.2, -0.15) is 0 Å². The van der Waals surface area contributed by atoms with E-state index < -0.39 is 0 Å². The molecule has 2 heteroatoms. The minimum Gasteiger partial charge on any atom is -0.317 e. The molecule has 2 rings (SSSR count). The van der Waals surface area contributed by atoms with E-state index in [-0.39, 0.29) is 5.82 Å². The van der Waals surface area contributed by atoms with Crippen molar-refractivity contribution in [3.63, 3.8) is 0 Å². The lowest BCUT2D eigenvalue weighted by Crippen LogP contribution is -2.29. The summed E-state index contributed by atoms with van der Waals surface area (Å²) >= 11 is 0. The molecule has 0 amide bonds. The van der Waals surface area contributed by atoms with Gasteiger partial charge in [-0.1, -0.05) is 32.3 Å². The van der Waals surface area contributed by atoms with Gasteiger partial charge in [0.1, 0.15) is 5.82 Å². The van der Waals surface area contributed by atoms with E-state index in [4.69, 9.17) is 0 Å². The minimum absolute atomic E-state index is 0.0949. The highest BCUT2D eigenvalue weighted by atomic mass is 19.1. The van der Waals surface area contributed by atoms with E-state index in [1.807, 2.05) is 6.07 Å². The van der Waals surface area contributed by atoms with E-state index in [1.54, 1.807) is 12.1 Å². The summed E-state index contributed by atoms with van der Waals surface area (Å²) in [5.74, 6) is 1.36. The van der Waals surface area contributed by atoms with E-state index in [0.29, 0.717) is 5.92 Å². The summed E-state index contributed by atoms with van der Waals surface area (Å²) in [6.45, 7) is 6.44. The first kappa shape index (κ1) is 15.5. The van der Waals surface area contributed by atoms with Crippen LogP contribution in [0.25, 0.3) is 0 Å². The highest BCUT2D eigenvalue weighted by molar-refractivity contribution is 5.27. The Bertz CT molecular complexity index is 416. The summed E-state index contributed by atoms with van der Waals surface area (Å²) in [4.78, 5) is 0. The van der Waals surface area contributed by atoms with Crippen LogP contribution < -0.4 is 5.32 Å². The molecule has 0 heterocycles. The molecule has 0 radical (unpaired) electrons. The summed E-state index contributed by atoms with van der Waals surface area (Å²) < 4.78 is 13.5. The topological polar surface area (TPSA) is 12.0 Å². The first-order valence-electron chi connectivity index (χ1n) is 8.16. The van der Waals surface area contributed by atoms with Gasteiger partial charge in [-0.05, 0) is 74.4 Å². The molecule has 0 spiro atoms. The third-order valence-electron chi connectivity index (χ3n) is 4.77. The molecule has 0 saturated heterocycles. The minimum atomic E-state index is -0.0949. The first-order chi connectivity index (χ1) is 9.70. The van der Waals surface area contributed by atoms with Crippen LogP contribution in [0.3, 0.4) is 0 Å². The molecule has 1 aromatic carbocycles. The Kier molecular flexibility index (Phi) is 6.03. The molecule has 0 bridgehead atoms. The molecule has 1 aliphatic carbocycles. The summed E-state index contributed by atoms with van der Waals surface area (Å²) in [5, 5.41) is 3.51. The van der Waals surface area contributed by atoms with E-state index in [0.717, 1.165) is 25.4 Å². The van der Waals surface area contributed by atoms with Crippen LogP contribution in [-0.4, -0.2) is 13.1 Å². The number of halogens is 1. The van der Waals surface area contributed by atoms with Crippen molar-refractivity contribution in [2.75, 3.05) is 13.1 Å². The molecule has 1 aliphatic rings.